The predicted molar refractivity (Wildman–Crippen MR) is 105 cm³/mol. The minimum Gasteiger partial charge on any atom is -0.356 e. The smallest absolute Gasteiger partial charge is 0.220 e. The van der Waals surface area contributed by atoms with E-state index < -0.39 is 0 Å². The molecule has 3 N–H and O–H groups in total. The van der Waals surface area contributed by atoms with Crippen molar-refractivity contribution in [2.24, 2.45) is 5.92 Å². The number of aromatic amines is 1. The second kappa shape index (κ2) is 9.02. The monoisotopic (exact) mass is 402 g/mol. The van der Waals surface area contributed by atoms with Gasteiger partial charge in [-0.2, -0.15) is 0 Å². The third-order valence-electron chi connectivity index (χ3n) is 5.22. The lowest BCUT2D eigenvalue weighted by Crippen LogP contribution is -2.39. The number of imidazole rings is 1. The number of rotatable bonds is 5. The number of carbonyl (C=O) groups excluding carboxylic acids is 1. The van der Waals surface area contributed by atoms with Crippen LogP contribution < -0.4 is 10.6 Å². The van der Waals surface area contributed by atoms with E-state index in [1.165, 1.54) is 25.0 Å². The van der Waals surface area contributed by atoms with Crippen LogP contribution in [0.1, 0.15) is 37.9 Å². The van der Waals surface area contributed by atoms with Crippen LogP contribution in [0.5, 0.6) is 0 Å². The Morgan fingerprint density at radius 2 is 1.96 bits per heavy atom. The number of fused-ring (bicyclic) bond motifs is 3. The summed E-state index contributed by atoms with van der Waals surface area (Å²) in [6, 6.07) is 5.75. The van der Waals surface area contributed by atoms with Crippen molar-refractivity contribution in [3.63, 3.8) is 0 Å². The summed E-state index contributed by atoms with van der Waals surface area (Å²) in [7, 11) is 0. The van der Waals surface area contributed by atoms with Crippen molar-refractivity contribution in [2.75, 3.05) is 6.54 Å². The van der Waals surface area contributed by atoms with Crippen LogP contribution in [0.15, 0.2) is 18.2 Å². The summed E-state index contributed by atoms with van der Waals surface area (Å²) in [5.41, 5.74) is 1.45. The highest BCUT2D eigenvalue weighted by Crippen LogP contribution is 2.32. The van der Waals surface area contributed by atoms with Crippen LogP contribution >= 0.6 is 24.8 Å². The Morgan fingerprint density at radius 1 is 1.23 bits per heavy atom. The van der Waals surface area contributed by atoms with Gasteiger partial charge in [-0.05, 0) is 49.8 Å². The van der Waals surface area contributed by atoms with Gasteiger partial charge in [-0.3, -0.25) is 4.79 Å². The van der Waals surface area contributed by atoms with Crippen LogP contribution in [0.25, 0.3) is 11.0 Å². The Morgan fingerprint density at radius 3 is 2.69 bits per heavy atom. The maximum Gasteiger partial charge on any atom is 0.220 e. The quantitative estimate of drug-likeness (QED) is 0.719. The number of halogens is 3. The number of H-pyrrole nitrogens is 1. The zero-order valence-corrected chi connectivity index (χ0v) is 16.1. The molecule has 0 radical (unpaired) electrons. The molecule has 2 unspecified atom stereocenters. The van der Waals surface area contributed by atoms with Crippen molar-refractivity contribution in [3.8, 4) is 0 Å². The van der Waals surface area contributed by atoms with E-state index in [0.29, 0.717) is 42.9 Å². The van der Waals surface area contributed by atoms with Gasteiger partial charge in [-0.1, -0.05) is 0 Å². The van der Waals surface area contributed by atoms with E-state index in [-0.39, 0.29) is 36.5 Å². The fourth-order valence-corrected chi connectivity index (χ4v) is 4.15. The normalized spacial score (nSPS) is 24.0. The number of aromatic nitrogens is 2. The lowest BCUT2D eigenvalue weighted by molar-refractivity contribution is -0.122. The molecular formula is C18H25Cl2FN4O. The van der Waals surface area contributed by atoms with Gasteiger partial charge in [0.25, 0.3) is 0 Å². The molecule has 0 spiro atoms. The first-order valence-corrected chi connectivity index (χ1v) is 8.82. The summed E-state index contributed by atoms with van der Waals surface area (Å²) < 4.78 is 13.2. The number of piperidine rings is 1. The van der Waals surface area contributed by atoms with Gasteiger partial charge < -0.3 is 15.6 Å². The molecule has 2 aliphatic heterocycles. The molecule has 8 heteroatoms. The summed E-state index contributed by atoms with van der Waals surface area (Å²) in [4.78, 5) is 19.7. The zero-order chi connectivity index (χ0) is 16.5. The topological polar surface area (TPSA) is 69.8 Å². The average molecular weight is 403 g/mol. The molecule has 0 aliphatic carbocycles. The maximum absolute atomic E-state index is 13.2. The number of amides is 1. The molecule has 2 aliphatic rings. The van der Waals surface area contributed by atoms with E-state index in [9.17, 15) is 9.18 Å². The van der Waals surface area contributed by atoms with Gasteiger partial charge in [0.15, 0.2) is 0 Å². The molecule has 144 valence electrons. The molecule has 1 aromatic heterocycles. The van der Waals surface area contributed by atoms with E-state index in [0.717, 1.165) is 24.2 Å². The van der Waals surface area contributed by atoms with Crippen LogP contribution in [0.4, 0.5) is 4.39 Å². The van der Waals surface area contributed by atoms with Crippen LogP contribution in [-0.4, -0.2) is 34.5 Å². The van der Waals surface area contributed by atoms with Gasteiger partial charge in [0.1, 0.15) is 11.6 Å². The molecule has 3 heterocycles. The second-order valence-corrected chi connectivity index (χ2v) is 7.12. The van der Waals surface area contributed by atoms with E-state index in [2.05, 4.69) is 20.6 Å². The largest absolute Gasteiger partial charge is 0.356 e. The predicted octanol–water partition coefficient (Wildman–Crippen LogP) is 3.13. The molecule has 1 amide bonds. The first kappa shape index (κ1) is 20.9. The molecule has 26 heavy (non-hydrogen) atoms. The fourth-order valence-electron chi connectivity index (χ4n) is 4.15. The van der Waals surface area contributed by atoms with E-state index in [4.69, 9.17) is 0 Å². The van der Waals surface area contributed by atoms with Crippen molar-refractivity contribution in [2.45, 2.75) is 50.6 Å². The Hall–Kier alpha value is -1.37. The number of nitrogens with zero attached hydrogens (tertiary/aromatic N) is 1. The van der Waals surface area contributed by atoms with E-state index in [1.54, 1.807) is 6.07 Å². The third-order valence-corrected chi connectivity index (χ3v) is 5.22. The molecule has 2 bridgehead atoms. The molecule has 4 rings (SSSR count). The first-order chi connectivity index (χ1) is 11.7. The highest BCUT2D eigenvalue weighted by molar-refractivity contribution is 5.85. The van der Waals surface area contributed by atoms with Crippen LogP contribution in [0, 0.1) is 11.7 Å². The van der Waals surface area contributed by atoms with E-state index in [1.807, 2.05) is 0 Å². The van der Waals surface area contributed by atoms with Crippen LogP contribution in [0.3, 0.4) is 0 Å². The fraction of sp³-hybridized carbons (Fsp3) is 0.556. The average Bonchev–Trinajstić information content (AvgIpc) is 3.09. The van der Waals surface area contributed by atoms with Crippen LogP contribution in [-0.2, 0) is 11.2 Å². The number of hydrogen-bond donors (Lipinski definition) is 3. The summed E-state index contributed by atoms with van der Waals surface area (Å²) in [5.74, 6) is 1.14. The second-order valence-electron chi connectivity index (χ2n) is 7.12. The van der Waals surface area contributed by atoms with Gasteiger partial charge in [-0.25, -0.2) is 9.37 Å². The minimum atomic E-state index is -0.276. The summed E-state index contributed by atoms with van der Waals surface area (Å²) in [6.45, 7) is 0.555. The third kappa shape index (κ3) is 4.87. The Balaban J connectivity index is 0.00000121. The summed E-state index contributed by atoms with van der Waals surface area (Å²) in [5, 5.41) is 6.59. The maximum atomic E-state index is 13.2. The summed E-state index contributed by atoms with van der Waals surface area (Å²) >= 11 is 0. The summed E-state index contributed by atoms with van der Waals surface area (Å²) in [6.07, 6.45) is 6.02. The molecule has 0 saturated carbocycles. The molecule has 2 atom stereocenters. The molecule has 2 saturated heterocycles. The zero-order valence-electron chi connectivity index (χ0n) is 14.5. The van der Waals surface area contributed by atoms with Gasteiger partial charge in [0.2, 0.25) is 5.91 Å². The Kier molecular flexibility index (Phi) is 7.26. The molecule has 1 aromatic carbocycles. The molecule has 5 nitrogen and oxygen atoms in total. The Bertz CT molecular complexity index is 742. The number of hydrogen-bond acceptors (Lipinski definition) is 3. The minimum absolute atomic E-state index is 0. The van der Waals surface area contributed by atoms with E-state index >= 15 is 0 Å². The van der Waals surface area contributed by atoms with Crippen molar-refractivity contribution < 1.29 is 9.18 Å². The van der Waals surface area contributed by atoms with Crippen LogP contribution in [0.2, 0.25) is 0 Å². The molecule has 2 aromatic rings. The standard InChI is InChI=1S/C18H23FN4O.2ClH/c19-12-1-4-15-16(10-12)23-17(22-15)5-6-20-18(24)9-11-7-13-2-3-14(8-11)21-13;;/h1,4,10-11,13-14,21H,2-3,5-9H2,(H,20,24)(H,22,23);2*1H. The SMILES string of the molecule is Cl.Cl.O=C(CC1CC2CCC(C1)N2)NCCc1nc2ccc(F)cc2[nH]1. The molecule has 2 fully saturated rings. The highest BCUT2D eigenvalue weighted by Gasteiger charge is 2.34. The highest BCUT2D eigenvalue weighted by atomic mass is 35.5. The lowest BCUT2D eigenvalue weighted by Gasteiger charge is -2.28. The van der Waals surface area contributed by atoms with Crippen molar-refractivity contribution in [1.29, 1.82) is 0 Å². The van der Waals surface area contributed by atoms with Gasteiger partial charge in [0, 0.05) is 31.5 Å². The first-order valence-electron chi connectivity index (χ1n) is 8.82. The molecular weight excluding hydrogens is 378 g/mol. The van der Waals surface area contributed by atoms with Crippen molar-refractivity contribution >= 4 is 41.8 Å². The number of benzene rings is 1. The lowest BCUT2D eigenvalue weighted by atomic mass is 9.89. The van der Waals surface area contributed by atoms with Gasteiger partial charge >= 0.3 is 0 Å². The van der Waals surface area contributed by atoms with Gasteiger partial charge in [0.05, 0.1) is 11.0 Å². The van der Waals surface area contributed by atoms with Gasteiger partial charge in [-0.15, -0.1) is 24.8 Å². The van der Waals surface area contributed by atoms with Crippen molar-refractivity contribution in [1.82, 2.24) is 20.6 Å². The van der Waals surface area contributed by atoms with Crippen molar-refractivity contribution in [3.05, 3.63) is 29.8 Å². The Labute approximate surface area is 164 Å². The number of nitrogens with one attached hydrogen (secondary N) is 3. The number of carbonyl (C=O) groups is 1.